The first kappa shape index (κ1) is 8.13. The zero-order valence-corrected chi connectivity index (χ0v) is 7.00. The van der Waals surface area contributed by atoms with E-state index in [-0.39, 0.29) is 11.9 Å². The summed E-state index contributed by atoms with van der Waals surface area (Å²) in [5.74, 6) is 3.20. The molecule has 60 valence electrons. The minimum absolute atomic E-state index is 0.0347. The lowest BCUT2D eigenvalue weighted by Crippen LogP contribution is -2.29. The van der Waals surface area contributed by atoms with Crippen molar-refractivity contribution in [2.24, 2.45) is 5.92 Å². The van der Waals surface area contributed by atoms with Crippen LogP contribution < -0.4 is 0 Å². The van der Waals surface area contributed by atoms with Gasteiger partial charge in [0.2, 0.25) is 5.91 Å². The Balaban J connectivity index is 2.74. The minimum Gasteiger partial charge on any atom is -0.332 e. The van der Waals surface area contributed by atoms with Gasteiger partial charge >= 0.3 is 0 Å². The van der Waals surface area contributed by atoms with Gasteiger partial charge in [-0.2, -0.15) is 0 Å². The third kappa shape index (κ3) is 1.23. The van der Waals surface area contributed by atoms with Gasteiger partial charge in [0.15, 0.2) is 0 Å². The molecule has 0 radical (unpaired) electrons. The van der Waals surface area contributed by atoms with Gasteiger partial charge in [0, 0.05) is 13.5 Å². The molecule has 1 fully saturated rings. The maximum atomic E-state index is 11.1. The molecule has 0 aromatic heterocycles. The number of carbonyl (C=O) groups excluding carboxylic acids is 1. The summed E-state index contributed by atoms with van der Waals surface area (Å²) in [6.45, 7) is 2.07. The van der Waals surface area contributed by atoms with E-state index in [0.29, 0.717) is 12.3 Å². The molecule has 0 saturated carbocycles. The summed E-state index contributed by atoms with van der Waals surface area (Å²) in [5.41, 5.74) is 0. The highest BCUT2D eigenvalue weighted by atomic mass is 16.2. The van der Waals surface area contributed by atoms with E-state index < -0.39 is 0 Å². The highest BCUT2D eigenvalue weighted by Crippen LogP contribution is 2.25. The SMILES string of the molecule is C#CC1C(CC)CC(=O)N1C. The van der Waals surface area contributed by atoms with Crippen molar-refractivity contribution < 1.29 is 4.79 Å². The van der Waals surface area contributed by atoms with E-state index in [4.69, 9.17) is 6.42 Å². The summed E-state index contributed by atoms with van der Waals surface area (Å²) in [7, 11) is 1.78. The quantitative estimate of drug-likeness (QED) is 0.509. The van der Waals surface area contributed by atoms with Gasteiger partial charge in [-0.05, 0) is 12.3 Å². The zero-order valence-electron chi connectivity index (χ0n) is 7.00. The monoisotopic (exact) mass is 151 g/mol. The standard InChI is InChI=1S/C9H13NO/c1-4-7-6-9(11)10(3)8(7)5-2/h2,7-8H,4,6H2,1,3H3. The fourth-order valence-corrected chi connectivity index (χ4v) is 1.57. The van der Waals surface area contributed by atoms with Crippen LogP contribution in [0.4, 0.5) is 0 Å². The molecule has 1 aliphatic rings. The van der Waals surface area contributed by atoms with Crippen molar-refractivity contribution in [1.82, 2.24) is 4.90 Å². The first-order valence-corrected chi connectivity index (χ1v) is 3.92. The lowest BCUT2D eigenvalue weighted by molar-refractivity contribution is -0.127. The summed E-state index contributed by atoms with van der Waals surface area (Å²) < 4.78 is 0. The maximum absolute atomic E-state index is 11.1. The summed E-state index contributed by atoms with van der Waals surface area (Å²) in [5, 5.41) is 0. The zero-order chi connectivity index (χ0) is 8.43. The lowest BCUT2D eigenvalue weighted by Gasteiger charge is -2.17. The van der Waals surface area contributed by atoms with Crippen LogP contribution in [0.15, 0.2) is 0 Å². The van der Waals surface area contributed by atoms with Crippen molar-refractivity contribution in [2.45, 2.75) is 25.8 Å². The third-order valence-electron chi connectivity index (χ3n) is 2.39. The average Bonchev–Trinajstić information content (AvgIpc) is 2.28. The molecule has 0 aliphatic carbocycles. The van der Waals surface area contributed by atoms with Crippen molar-refractivity contribution in [3.05, 3.63) is 0 Å². The van der Waals surface area contributed by atoms with Crippen LogP contribution in [0.1, 0.15) is 19.8 Å². The normalized spacial score (nSPS) is 30.6. The number of terminal acetylenes is 1. The molecule has 1 aliphatic heterocycles. The molecule has 11 heavy (non-hydrogen) atoms. The van der Waals surface area contributed by atoms with Gasteiger partial charge in [0.1, 0.15) is 0 Å². The van der Waals surface area contributed by atoms with Crippen LogP contribution in [0.2, 0.25) is 0 Å². The smallest absolute Gasteiger partial charge is 0.223 e. The first-order chi connectivity index (χ1) is 5.20. The Labute approximate surface area is 67.6 Å². The molecule has 2 atom stereocenters. The van der Waals surface area contributed by atoms with Gasteiger partial charge in [0.05, 0.1) is 6.04 Å². The van der Waals surface area contributed by atoms with Crippen LogP contribution in [0.25, 0.3) is 0 Å². The molecule has 0 bridgehead atoms. The largest absolute Gasteiger partial charge is 0.332 e. The van der Waals surface area contributed by atoms with E-state index in [1.807, 2.05) is 0 Å². The summed E-state index contributed by atoms with van der Waals surface area (Å²) in [4.78, 5) is 12.8. The predicted molar refractivity (Wildman–Crippen MR) is 43.8 cm³/mol. The van der Waals surface area contributed by atoms with Gasteiger partial charge in [-0.25, -0.2) is 0 Å². The van der Waals surface area contributed by atoms with Gasteiger partial charge in [-0.3, -0.25) is 4.79 Å². The Morgan fingerprint density at radius 3 is 2.82 bits per heavy atom. The summed E-state index contributed by atoms with van der Waals surface area (Å²) >= 11 is 0. The van der Waals surface area contributed by atoms with Gasteiger partial charge in [-0.15, -0.1) is 6.42 Å². The summed E-state index contributed by atoms with van der Waals surface area (Å²) in [6.07, 6.45) is 6.93. The number of hydrogen-bond acceptors (Lipinski definition) is 1. The van der Waals surface area contributed by atoms with Crippen molar-refractivity contribution >= 4 is 5.91 Å². The molecule has 2 unspecified atom stereocenters. The number of hydrogen-bond donors (Lipinski definition) is 0. The van der Waals surface area contributed by atoms with E-state index in [1.54, 1.807) is 11.9 Å². The number of likely N-dealkylation sites (tertiary alicyclic amines) is 1. The van der Waals surface area contributed by atoms with Crippen LogP contribution in [-0.4, -0.2) is 23.9 Å². The molecule has 0 N–H and O–H groups in total. The fourth-order valence-electron chi connectivity index (χ4n) is 1.57. The number of amides is 1. The van der Waals surface area contributed by atoms with Gasteiger partial charge in [-0.1, -0.05) is 12.8 Å². The van der Waals surface area contributed by atoms with Gasteiger partial charge in [0.25, 0.3) is 0 Å². The topological polar surface area (TPSA) is 20.3 Å². The van der Waals surface area contributed by atoms with E-state index in [1.165, 1.54) is 0 Å². The molecule has 2 nitrogen and oxygen atoms in total. The molecule has 1 amide bonds. The van der Waals surface area contributed by atoms with Crippen LogP contribution in [0.3, 0.4) is 0 Å². The highest BCUT2D eigenvalue weighted by Gasteiger charge is 2.34. The molecule has 1 saturated heterocycles. The fraction of sp³-hybridized carbons (Fsp3) is 0.667. The Kier molecular flexibility index (Phi) is 2.19. The van der Waals surface area contributed by atoms with Crippen molar-refractivity contribution in [1.29, 1.82) is 0 Å². The van der Waals surface area contributed by atoms with E-state index in [9.17, 15) is 4.79 Å². The number of nitrogens with zero attached hydrogens (tertiary/aromatic N) is 1. The Hall–Kier alpha value is -0.970. The lowest BCUT2D eigenvalue weighted by atomic mass is 9.98. The second kappa shape index (κ2) is 2.96. The van der Waals surface area contributed by atoms with E-state index in [0.717, 1.165) is 6.42 Å². The van der Waals surface area contributed by atoms with E-state index in [2.05, 4.69) is 12.8 Å². The van der Waals surface area contributed by atoms with Crippen molar-refractivity contribution in [2.75, 3.05) is 7.05 Å². The van der Waals surface area contributed by atoms with Crippen molar-refractivity contribution in [3.63, 3.8) is 0 Å². The number of carbonyl (C=O) groups is 1. The molecular formula is C9H13NO. The minimum atomic E-state index is 0.0347. The highest BCUT2D eigenvalue weighted by molar-refractivity contribution is 5.79. The Bertz CT molecular complexity index is 204. The third-order valence-corrected chi connectivity index (χ3v) is 2.39. The van der Waals surface area contributed by atoms with Crippen LogP contribution in [0, 0.1) is 18.3 Å². The Morgan fingerprint density at radius 2 is 2.45 bits per heavy atom. The van der Waals surface area contributed by atoms with Crippen LogP contribution in [-0.2, 0) is 4.79 Å². The van der Waals surface area contributed by atoms with Crippen molar-refractivity contribution in [3.8, 4) is 12.3 Å². The average molecular weight is 151 g/mol. The van der Waals surface area contributed by atoms with E-state index >= 15 is 0 Å². The molecular weight excluding hydrogens is 138 g/mol. The first-order valence-electron chi connectivity index (χ1n) is 3.92. The van der Waals surface area contributed by atoms with Crippen LogP contribution in [0.5, 0.6) is 0 Å². The van der Waals surface area contributed by atoms with Crippen LogP contribution >= 0.6 is 0 Å². The predicted octanol–water partition coefficient (Wildman–Crippen LogP) is 0.876. The summed E-state index contributed by atoms with van der Waals surface area (Å²) in [6, 6.07) is 0.0347. The second-order valence-corrected chi connectivity index (χ2v) is 2.99. The molecule has 1 rings (SSSR count). The molecule has 2 heteroatoms. The Morgan fingerprint density at radius 1 is 1.82 bits per heavy atom. The number of rotatable bonds is 1. The maximum Gasteiger partial charge on any atom is 0.223 e. The molecule has 1 heterocycles. The molecule has 0 spiro atoms. The second-order valence-electron chi connectivity index (χ2n) is 2.99. The molecule has 0 aromatic rings. The van der Waals surface area contributed by atoms with Gasteiger partial charge < -0.3 is 4.90 Å². The molecule has 0 aromatic carbocycles.